The molecule has 1 aromatic carbocycles. The van der Waals surface area contributed by atoms with E-state index < -0.39 is 0 Å². The molecule has 0 fully saturated rings. The van der Waals surface area contributed by atoms with Gasteiger partial charge >= 0.3 is 0 Å². The summed E-state index contributed by atoms with van der Waals surface area (Å²) in [6.07, 6.45) is 0. The van der Waals surface area contributed by atoms with Gasteiger partial charge in [-0.15, -0.1) is 34.3 Å². The molecule has 0 radical (unpaired) electrons. The molecule has 2 aromatic heterocycles. The van der Waals surface area contributed by atoms with Crippen molar-refractivity contribution in [1.82, 2.24) is 0 Å². The Morgan fingerprint density at radius 2 is 1.89 bits per heavy atom. The van der Waals surface area contributed by atoms with E-state index >= 15 is 0 Å². The van der Waals surface area contributed by atoms with Crippen molar-refractivity contribution < 1.29 is 0 Å². The van der Waals surface area contributed by atoms with E-state index in [0.717, 1.165) is 23.2 Å². The minimum Gasteiger partial charge on any atom is -0.142 e. The topological polar surface area (TPSA) is 0 Å². The van der Waals surface area contributed by atoms with Crippen molar-refractivity contribution in [2.75, 3.05) is 0 Å². The Hall–Kier alpha value is 0.610. The quantitative estimate of drug-likeness (QED) is 0.318. The molecule has 98 valence electrons. The second-order valence-corrected chi connectivity index (χ2v) is 9.87. The highest BCUT2D eigenvalue weighted by Gasteiger charge is 2.20. The third-order valence-corrected chi connectivity index (χ3v) is 7.64. The van der Waals surface area contributed by atoms with E-state index in [1.165, 1.54) is 10.1 Å². The largest absolute Gasteiger partial charge is 0.142 e. The van der Waals surface area contributed by atoms with E-state index in [1.54, 1.807) is 22.7 Å². The van der Waals surface area contributed by atoms with Crippen molar-refractivity contribution in [3.8, 4) is 0 Å². The molecule has 3 rings (SSSR count). The molecule has 6 heteroatoms. The fourth-order valence-corrected chi connectivity index (χ4v) is 7.11. The van der Waals surface area contributed by atoms with Crippen LogP contribution in [0.25, 0.3) is 10.1 Å². The lowest BCUT2D eigenvalue weighted by Gasteiger charge is -2.08. The molecule has 0 aliphatic rings. The lowest BCUT2D eigenvalue weighted by atomic mass is 10.1. The number of hydrogen-bond acceptors (Lipinski definition) is 2. The first kappa shape index (κ1) is 14.5. The van der Waals surface area contributed by atoms with Crippen LogP contribution < -0.4 is 0 Å². The van der Waals surface area contributed by atoms with E-state index in [1.807, 2.05) is 6.07 Å². The van der Waals surface area contributed by atoms with E-state index in [-0.39, 0.29) is 5.38 Å². The van der Waals surface area contributed by atoms with Crippen molar-refractivity contribution in [3.05, 3.63) is 52.8 Å². The van der Waals surface area contributed by atoms with Crippen molar-refractivity contribution >= 4 is 92.2 Å². The average molecular weight is 501 g/mol. The normalized spacial score (nSPS) is 13.1. The molecule has 0 amide bonds. The second kappa shape index (κ2) is 5.78. The van der Waals surface area contributed by atoms with Crippen LogP contribution in [0.5, 0.6) is 0 Å². The average Bonchev–Trinajstić information content (AvgIpc) is 2.93. The Labute approximate surface area is 149 Å². The highest BCUT2D eigenvalue weighted by Crippen LogP contribution is 2.45. The van der Waals surface area contributed by atoms with Gasteiger partial charge in [0.15, 0.2) is 0 Å². The number of alkyl halides is 1. The second-order valence-electron chi connectivity index (χ2n) is 3.95. The molecule has 0 spiro atoms. The lowest BCUT2D eigenvalue weighted by Crippen LogP contribution is -1.90. The molecule has 0 aliphatic carbocycles. The van der Waals surface area contributed by atoms with Crippen LogP contribution in [0.3, 0.4) is 0 Å². The van der Waals surface area contributed by atoms with Gasteiger partial charge in [0.1, 0.15) is 0 Å². The predicted octanol–water partition coefficient (Wildman–Crippen LogP) is 7.58. The van der Waals surface area contributed by atoms with E-state index in [0.29, 0.717) is 0 Å². The van der Waals surface area contributed by atoms with Crippen LogP contribution in [0.1, 0.15) is 16.5 Å². The van der Waals surface area contributed by atoms with Crippen molar-refractivity contribution in [2.45, 2.75) is 5.38 Å². The predicted molar refractivity (Wildman–Crippen MR) is 96.9 cm³/mol. The summed E-state index contributed by atoms with van der Waals surface area (Å²) in [6, 6.07) is 8.30. The monoisotopic (exact) mass is 498 g/mol. The van der Waals surface area contributed by atoms with Gasteiger partial charge < -0.3 is 0 Å². The standard InChI is InChI=1S/C13H6Br3ClS2/c14-9-3-1-2-6-8(5-18-12(6)9)11(17)7-4-10(15)19-13(7)16/h1-5,11H. The van der Waals surface area contributed by atoms with Gasteiger partial charge in [0.25, 0.3) is 0 Å². The third kappa shape index (κ3) is 2.70. The molecule has 19 heavy (non-hydrogen) atoms. The number of fused-ring (bicyclic) bond motifs is 1. The van der Waals surface area contributed by atoms with Crippen LogP contribution in [-0.4, -0.2) is 0 Å². The first-order valence-corrected chi connectivity index (χ1v) is 9.83. The van der Waals surface area contributed by atoms with Gasteiger partial charge in [-0.1, -0.05) is 12.1 Å². The van der Waals surface area contributed by atoms with Gasteiger partial charge in [-0.3, -0.25) is 0 Å². The minimum absolute atomic E-state index is 0.139. The van der Waals surface area contributed by atoms with Gasteiger partial charge in [-0.2, -0.15) is 0 Å². The summed E-state index contributed by atoms with van der Waals surface area (Å²) in [5.41, 5.74) is 2.27. The van der Waals surface area contributed by atoms with Gasteiger partial charge in [-0.05, 0) is 76.3 Å². The van der Waals surface area contributed by atoms with Crippen LogP contribution in [0.4, 0.5) is 0 Å². The Bertz CT molecular complexity index is 748. The molecule has 0 saturated heterocycles. The van der Waals surface area contributed by atoms with Gasteiger partial charge in [0, 0.05) is 14.7 Å². The third-order valence-electron chi connectivity index (χ3n) is 2.81. The van der Waals surface area contributed by atoms with Crippen molar-refractivity contribution in [3.63, 3.8) is 0 Å². The van der Waals surface area contributed by atoms with E-state index in [2.05, 4.69) is 71.4 Å². The molecule has 2 heterocycles. The zero-order valence-electron chi connectivity index (χ0n) is 9.29. The SMILES string of the molecule is ClC(c1cc(Br)sc1Br)c1csc2c(Br)cccc12. The Morgan fingerprint density at radius 3 is 2.58 bits per heavy atom. The Kier molecular flexibility index (Phi) is 4.42. The van der Waals surface area contributed by atoms with Crippen LogP contribution in [-0.2, 0) is 0 Å². The van der Waals surface area contributed by atoms with E-state index in [4.69, 9.17) is 11.6 Å². The number of halogens is 4. The lowest BCUT2D eigenvalue weighted by molar-refractivity contribution is 1.18. The molecule has 1 unspecified atom stereocenters. The first-order chi connectivity index (χ1) is 9.08. The number of hydrogen-bond donors (Lipinski definition) is 0. The Balaban J connectivity index is 2.14. The summed E-state index contributed by atoms with van der Waals surface area (Å²) >= 11 is 20.7. The molecule has 0 aliphatic heterocycles. The molecule has 0 nitrogen and oxygen atoms in total. The molecule has 3 aromatic rings. The number of rotatable bonds is 2. The summed E-state index contributed by atoms with van der Waals surface area (Å²) in [7, 11) is 0. The molecule has 0 N–H and O–H groups in total. The molecular formula is C13H6Br3ClS2. The Morgan fingerprint density at radius 1 is 1.11 bits per heavy atom. The van der Waals surface area contributed by atoms with Crippen LogP contribution in [0, 0.1) is 0 Å². The summed E-state index contributed by atoms with van der Waals surface area (Å²) in [6.45, 7) is 0. The van der Waals surface area contributed by atoms with E-state index in [9.17, 15) is 0 Å². The van der Waals surface area contributed by atoms with Crippen LogP contribution in [0.2, 0.25) is 0 Å². The molecule has 1 atom stereocenters. The zero-order valence-corrected chi connectivity index (χ0v) is 16.4. The smallest absolute Gasteiger partial charge is 0.0868 e. The van der Waals surface area contributed by atoms with Gasteiger partial charge in [-0.25, -0.2) is 0 Å². The van der Waals surface area contributed by atoms with Crippen LogP contribution >= 0.6 is 82.1 Å². The van der Waals surface area contributed by atoms with Crippen molar-refractivity contribution in [1.29, 1.82) is 0 Å². The first-order valence-electron chi connectivity index (χ1n) is 5.32. The minimum atomic E-state index is -0.139. The summed E-state index contributed by atoms with van der Waals surface area (Å²) in [4.78, 5) is 0. The molecule has 0 saturated carbocycles. The highest BCUT2D eigenvalue weighted by atomic mass is 79.9. The fraction of sp³-hybridized carbons (Fsp3) is 0.0769. The van der Waals surface area contributed by atoms with Crippen molar-refractivity contribution in [2.24, 2.45) is 0 Å². The maximum absolute atomic E-state index is 6.67. The van der Waals surface area contributed by atoms with Gasteiger partial charge in [0.2, 0.25) is 0 Å². The number of thiophene rings is 2. The summed E-state index contributed by atoms with van der Waals surface area (Å²) < 4.78 is 4.53. The maximum atomic E-state index is 6.67. The van der Waals surface area contributed by atoms with Gasteiger partial charge in [0.05, 0.1) is 12.9 Å². The van der Waals surface area contributed by atoms with Crippen LogP contribution in [0.15, 0.2) is 41.7 Å². The number of benzene rings is 1. The fourth-order valence-electron chi connectivity index (χ4n) is 1.93. The highest BCUT2D eigenvalue weighted by molar-refractivity contribution is 9.12. The molecule has 0 bridgehead atoms. The maximum Gasteiger partial charge on any atom is 0.0868 e. The summed E-state index contributed by atoms with van der Waals surface area (Å²) in [5.74, 6) is 0. The summed E-state index contributed by atoms with van der Waals surface area (Å²) in [5, 5.41) is 3.22. The molecular weight excluding hydrogens is 495 g/mol. The zero-order chi connectivity index (χ0) is 13.6.